The zero-order valence-corrected chi connectivity index (χ0v) is 28.8. The number of hydrogen-bond acceptors (Lipinski definition) is 8. The van der Waals surface area contributed by atoms with E-state index in [4.69, 9.17) is 14.1 Å². The highest BCUT2D eigenvalue weighted by Crippen LogP contribution is 2.48. The predicted molar refractivity (Wildman–Crippen MR) is 174 cm³/mol. The summed E-state index contributed by atoms with van der Waals surface area (Å²) in [6.07, 6.45) is 5.93. The van der Waals surface area contributed by atoms with Crippen molar-refractivity contribution in [2.45, 2.75) is 92.7 Å². The van der Waals surface area contributed by atoms with E-state index in [2.05, 4.69) is 84.4 Å². The Morgan fingerprint density at radius 3 is 2.41 bits per heavy atom. The van der Waals surface area contributed by atoms with Crippen molar-refractivity contribution < 1.29 is 22.1 Å². The topological polar surface area (TPSA) is 125 Å². The summed E-state index contributed by atoms with van der Waals surface area (Å²) in [5.74, 6) is 0.199. The second-order valence-corrected chi connectivity index (χ2v) is 15.0. The maximum Gasteiger partial charge on any atom is 0.333 e. The molecule has 3 atom stereocenters. The van der Waals surface area contributed by atoms with E-state index in [1.165, 1.54) is 39.7 Å². The van der Waals surface area contributed by atoms with Gasteiger partial charge in [-0.1, -0.05) is 45.4 Å². The summed E-state index contributed by atoms with van der Waals surface area (Å²) in [6, 6.07) is 2.16. The number of aromatic nitrogens is 2. The molecule has 1 aromatic carbocycles. The standard InChI is InChI=1S/C34H48N4O5S/c1-19-13-28(23(5)22(4)21(19)3)33(6,7)27-14-24(12-20(27)2)30(39)26-16-36-18-37-32(26)38(10)29-15-25(17-43-44(35,40)41)31(42-11)34(29,8)9/h13-14,16,18,25,29,31H,12,15,17H2,1-11H3,(H2,35,40,41)/t25-,29-,31-/m1/s1. The Morgan fingerprint density at radius 2 is 1.80 bits per heavy atom. The van der Waals surface area contributed by atoms with Crippen LogP contribution in [0, 0.1) is 39.0 Å². The van der Waals surface area contributed by atoms with Crippen molar-refractivity contribution >= 4 is 21.9 Å². The molecule has 2 aromatic rings. The van der Waals surface area contributed by atoms with E-state index in [1.54, 1.807) is 13.3 Å². The minimum atomic E-state index is -4.09. The van der Waals surface area contributed by atoms with Crippen molar-refractivity contribution in [3.63, 3.8) is 0 Å². The monoisotopic (exact) mass is 624 g/mol. The van der Waals surface area contributed by atoms with Gasteiger partial charge in [-0.3, -0.25) is 8.98 Å². The maximum absolute atomic E-state index is 14.2. The lowest BCUT2D eigenvalue weighted by Crippen LogP contribution is -2.45. The second kappa shape index (κ2) is 12.1. The molecule has 4 rings (SSSR count). The van der Waals surface area contributed by atoms with Gasteiger partial charge in [0.05, 0.1) is 18.3 Å². The number of carbonyl (C=O) groups is 1. The van der Waals surface area contributed by atoms with Gasteiger partial charge in [0.1, 0.15) is 12.1 Å². The van der Waals surface area contributed by atoms with Crippen molar-refractivity contribution in [3.05, 3.63) is 74.8 Å². The fraction of sp³-hybridized carbons (Fsp3) is 0.559. The molecule has 240 valence electrons. The van der Waals surface area contributed by atoms with Crippen LogP contribution < -0.4 is 10.0 Å². The van der Waals surface area contributed by atoms with Gasteiger partial charge in [0.15, 0.2) is 5.78 Å². The van der Waals surface area contributed by atoms with Crippen molar-refractivity contribution in [1.82, 2.24) is 9.97 Å². The molecule has 0 amide bonds. The molecule has 1 saturated carbocycles. The number of nitrogens with two attached hydrogens (primary N) is 1. The highest BCUT2D eigenvalue weighted by atomic mass is 32.2. The molecule has 10 heteroatoms. The number of allylic oxidation sites excluding steroid dienone is 4. The Morgan fingerprint density at radius 1 is 1.14 bits per heavy atom. The summed E-state index contributed by atoms with van der Waals surface area (Å²) < 4.78 is 33.8. The summed E-state index contributed by atoms with van der Waals surface area (Å²) in [5, 5.41) is 5.11. The Balaban J connectivity index is 1.66. The predicted octanol–water partition coefficient (Wildman–Crippen LogP) is 5.60. The number of rotatable bonds is 10. The molecule has 0 spiro atoms. The highest BCUT2D eigenvalue weighted by Gasteiger charge is 2.52. The number of methoxy groups -OCH3 is 1. The van der Waals surface area contributed by atoms with Crippen LogP contribution in [-0.4, -0.2) is 57.1 Å². The van der Waals surface area contributed by atoms with E-state index in [9.17, 15) is 13.2 Å². The fourth-order valence-electron chi connectivity index (χ4n) is 7.68. The average Bonchev–Trinajstić information content (AvgIpc) is 3.47. The quantitative estimate of drug-likeness (QED) is 0.339. The SMILES string of the molecule is CO[C@@H]1[C@@H](COS(N)(=O)=O)C[C@@H](N(C)c2ncncc2C(=O)C2=CC(C(C)(C)c3cc(C)c(C)c(C)c3C)=C(C)C2)C1(C)C. The van der Waals surface area contributed by atoms with E-state index in [1.807, 2.05) is 11.9 Å². The molecule has 0 saturated heterocycles. The number of ketones is 1. The number of anilines is 1. The van der Waals surface area contributed by atoms with Gasteiger partial charge < -0.3 is 9.64 Å². The van der Waals surface area contributed by atoms with Crippen molar-refractivity contribution in [3.8, 4) is 0 Å². The number of carbonyl (C=O) groups excluding carboxylic acids is 1. The molecule has 44 heavy (non-hydrogen) atoms. The second-order valence-electron chi connectivity index (χ2n) is 13.7. The minimum absolute atomic E-state index is 0.0867. The van der Waals surface area contributed by atoms with E-state index < -0.39 is 15.7 Å². The number of nitrogens with zero attached hydrogens (tertiary/aromatic N) is 3. The van der Waals surface area contributed by atoms with Crippen LogP contribution in [0.5, 0.6) is 0 Å². The number of benzene rings is 1. The van der Waals surface area contributed by atoms with Crippen LogP contribution in [0.15, 0.2) is 41.4 Å². The highest BCUT2D eigenvalue weighted by molar-refractivity contribution is 7.84. The van der Waals surface area contributed by atoms with Crippen molar-refractivity contribution in [2.75, 3.05) is 25.7 Å². The van der Waals surface area contributed by atoms with Gasteiger partial charge in [0.25, 0.3) is 0 Å². The first-order valence-electron chi connectivity index (χ1n) is 15.1. The zero-order valence-electron chi connectivity index (χ0n) is 28.0. The van der Waals surface area contributed by atoms with Crippen LogP contribution in [0.25, 0.3) is 0 Å². The van der Waals surface area contributed by atoms with Gasteiger partial charge in [-0.2, -0.15) is 8.42 Å². The molecule has 2 aliphatic rings. The average molecular weight is 625 g/mol. The summed E-state index contributed by atoms with van der Waals surface area (Å²) in [4.78, 5) is 25.0. The fourth-order valence-corrected chi connectivity index (χ4v) is 8.05. The third kappa shape index (κ3) is 6.14. The molecule has 1 fully saturated rings. The molecule has 2 aliphatic carbocycles. The van der Waals surface area contributed by atoms with Crippen molar-refractivity contribution in [2.24, 2.45) is 16.5 Å². The summed E-state index contributed by atoms with van der Waals surface area (Å²) in [7, 11) is -0.568. The molecule has 0 aliphatic heterocycles. The lowest BCUT2D eigenvalue weighted by molar-refractivity contribution is -0.0123. The molecule has 1 aromatic heterocycles. The lowest BCUT2D eigenvalue weighted by atomic mass is 9.73. The van der Waals surface area contributed by atoms with Crippen LogP contribution in [0.3, 0.4) is 0 Å². The van der Waals surface area contributed by atoms with Crippen LogP contribution in [0.2, 0.25) is 0 Å². The maximum atomic E-state index is 14.2. The molecular weight excluding hydrogens is 576 g/mol. The molecule has 0 unspecified atom stereocenters. The van der Waals surface area contributed by atoms with Crippen LogP contribution in [-0.2, 0) is 24.6 Å². The number of ether oxygens (including phenoxy) is 1. The van der Waals surface area contributed by atoms with Gasteiger partial charge in [0, 0.05) is 48.7 Å². The van der Waals surface area contributed by atoms with E-state index in [-0.39, 0.29) is 35.9 Å². The van der Waals surface area contributed by atoms with E-state index >= 15 is 0 Å². The Labute approximate surface area is 263 Å². The van der Waals surface area contributed by atoms with Gasteiger partial charge in [-0.15, -0.1) is 0 Å². The molecule has 1 heterocycles. The Kier molecular flexibility index (Phi) is 9.35. The summed E-state index contributed by atoms with van der Waals surface area (Å²) in [6.45, 7) is 19.3. The first-order chi connectivity index (χ1) is 20.3. The Bertz CT molecular complexity index is 1640. The van der Waals surface area contributed by atoms with Crippen LogP contribution >= 0.6 is 0 Å². The molecule has 0 radical (unpaired) electrons. The van der Waals surface area contributed by atoms with Crippen LogP contribution in [0.4, 0.5) is 5.82 Å². The number of aryl methyl sites for hydroxylation is 1. The van der Waals surface area contributed by atoms with Gasteiger partial charge in [0.2, 0.25) is 0 Å². The zero-order chi connectivity index (χ0) is 32.9. The normalized spacial score (nSPS) is 22.0. The minimum Gasteiger partial charge on any atom is -0.380 e. The Hall–Kier alpha value is -2.92. The first-order valence-corrected chi connectivity index (χ1v) is 16.6. The van der Waals surface area contributed by atoms with E-state index in [0.717, 1.165) is 5.57 Å². The molecule has 0 bridgehead atoms. The summed E-state index contributed by atoms with van der Waals surface area (Å²) in [5.41, 5.74) is 9.23. The van der Waals surface area contributed by atoms with Gasteiger partial charge >= 0.3 is 10.3 Å². The van der Waals surface area contributed by atoms with Gasteiger partial charge in [-0.05, 0) is 80.9 Å². The van der Waals surface area contributed by atoms with Crippen LogP contribution in [0.1, 0.15) is 85.6 Å². The van der Waals surface area contributed by atoms with E-state index in [0.29, 0.717) is 29.8 Å². The lowest BCUT2D eigenvalue weighted by Gasteiger charge is -2.39. The third-order valence-electron chi connectivity index (χ3n) is 10.3. The third-order valence-corrected chi connectivity index (χ3v) is 10.8. The number of Topliss-reactive ketones (excluding diaryl/α,β-unsaturated/α-hetero) is 1. The first kappa shape index (κ1) is 34.0. The largest absolute Gasteiger partial charge is 0.380 e. The van der Waals surface area contributed by atoms with Crippen molar-refractivity contribution in [1.29, 1.82) is 0 Å². The molecule has 2 N–H and O–H groups in total. The number of hydrogen-bond donors (Lipinski definition) is 1. The van der Waals surface area contributed by atoms with Gasteiger partial charge in [-0.25, -0.2) is 15.1 Å². The smallest absolute Gasteiger partial charge is 0.333 e. The summed E-state index contributed by atoms with van der Waals surface area (Å²) >= 11 is 0. The molecule has 9 nitrogen and oxygen atoms in total. The molecular formula is C34H48N4O5S.